The largest absolute Gasteiger partial charge is 0.495 e. The zero-order valence-electron chi connectivity index (χ0n) is 13.3. The highest BCUT2D eigenvalue weighted by molar-refractivity contribution is 7.89. The van der Waals surface area contributed by atoms with Crippen molar-refractivity contribution in [2.24, 2.45) is 0 Å². The number of ether oxygens (including phenoxy) is 1. The first-order chi connectivity index (χ1) is 10.5. The maximum Gasteiger partial charge on any atom is 0.246 e. The fourth-order valence-electron chi connectivity index (χ4n) is 3.27. The van der Waals surface area contributed by atoms with E-state index in [1.165, 1.54) is 17.5 Å². The van der Waals surface area contributed by atoms with E-state index in [0.29, 0.717) is 23.7 Å². The zero-order valence-corrected chi connectivity index (χ0v) is 14.2. The Kier molecular flexibility index (Phi) is 4.43. The minimum absolute atomic E-state index is 0.334. The molecular formula is C16H24N2O3S. The van der Waals surface area contributed by atoms with Crippen LogP contribution in [0.25, 0.3) is 0 Å². The number of methoxy groups -OCH3 is 1. The van der Waals surface area contributed by atoms with Gasteiger partial charge in [-0.15, -0.1) is 0 Å². The summed E-state index contributed by atoms with van der Waals surface area (Å²) in [5.41, 5.74) is 2.40. The van der Waals surface area contributed by atoms with Crippen LogP contribution in [0.2, 0.25) is 0 Å². The molecule has 1 fully saturated rings. The van der Waals surface area contributed by atoms with Gasteiger partial charge in [0, 0.05) is 26.2 Å². The molecule has 0 bridgehead atoms. The molecule has 6 heteroatoms. The number of aryl methyl sites for hydroxylation is 2. The number of likely N-dealkylation sites (N-methyl/N-ethyl adjacent to an activating group) is 1. The Labute approximate surface area is 132 Å². The Morgan fingerprint density at radius 1 is 1.00 bits per heavy atom. The molecule has 0 atom stereocenters. The third-order valence-corrected chi connectivity index (χ3v) is 6.63. The summed E-state index contributed by atoms with van der Waals surface area (Å²) in [6.45, 7) is 2.62. The summed E-state index contributed by atoms with van der Waals surface area (Å²) in [5, 5.41) is 0. The minimum Gasteiger partial charge on any atom is -0.495 e. The summed E-state index contributed by atoms with van der Waals surface area (Å²) in [6.07, 6.45) is 4.28. The van der Waals surface area contributed by atoms with E-state index >= 15 is 0 Å². The molecule has 0 N–H and O–H groups in total. The number of hydrogen-bond donors (Lipinski definition) is 0. The lowest BCUT2D eigenvalue weighted by Crippen LogP contribution is -2.47. The van der Waals surface area contributed by atoms with Gasteiger partial charge in [0.05, 0.1) is 7.11 Å². The van der Waals surface area contributed by atoms with Gasteiger partial charge in [0.15, 0.2) is 0 Å². The monoisotopic (exact) mass is 324 g/mol. The summed E-state index contributed by atoms with van der Waals surface area (Å²) in [5.74, 6) is 0.486. The topological polar surface area (TPSA) is 49.9 Å². The van der Waals surface area contributed by atoms with Crippen molar-refractivity contribution in [3.05, 3.63) is 23.3 Å². The fourth-order valence-corrected chi connectivity index (χ4v) is 4.88. The van der Waals surface area contributed by atoms with Crippen LogP contribution >= 0.6 is 0 Å². The fraction of sp³-hybridized carbons (Fsp3) is 0.625. The Balaban J connectivity index is 1.98. The molecule has 1 aromatic carbocycles. The number of sulfonamides is 1. The second-order valence-electron chi connectivity index (χ2n) is 6.19. The number of nitrogens with zero attached hydrogens (tertiary/aromatic N) is 2. The van der Waals surface area contributed by atoms with Crippen LogP contribution in [0.1, 0.15) is 24.0 Å². The number of benzene rings is 1. The predicted octanol–water partition coefficient (Wildman–Crippen LogP) is 1.51. The molecule has 2 aliphatic rings. The van der Waals surface area contributed by atoms with E-state index in [-0.39, 0.29) is 0 Å². The predicted molar refractivity (Wildman–Crippen MR) is 85.9 cm³/mol. The van der Waals surface area contributed by atoms with Crippen molar-refractivity contribution in [3.8, 4) is 5.75 Å². The van der Waals surface area contributed by atoms with Crippen LogP contribution in [0.5, 0.6) is 5.75 Å². The van der Waals surface area contributed by atoms with Gasteiger partial charge in [-0.25, -0.2) is 8.42 Å². The lowest BCUT2D eigenvalue weighted by molar-refractivity contribution is 0.222. The Hall–Kier alpha value is -1.11. The first kappa shape index (κ1) is 15.8. The molecule has 1 aliphatic carbocycles. The summed E-state index contributed by atoms with van der Waals surface area (Å²) >= 11 is 0. The second kappa shape index (κ2) is 6.18. The molecule has 0 radical (unpaired) electrons. The zero-order chi connectivity index (χ0) is 15.7. The van der Waals surface area contributed by atoms with Crippen LogP contribution < -0.4 is 4.74 Å². The van der Waals surface area contributed by atoms with Crippen LogP contribution in [-0.2, 0) is 22.9 Å². The normalized spacial score (nSPS) is 20.6. The lowest BCUT2D eigenvalue weighted by atomic mass is 9.92. The molecule has 22 heavy (non-hydrogen) atoms. The summed E-state index contributed by atoms with van der Waals surface area (Å²) in [7, 11) is 0.0864. The van der Waals surface area contributed by atoms with Crippen LogP contribution in [0.3, 0.4) is 0 Å². The van der Waals surface area contributed by atoms with E-state index in [1.54, 1.807) is 11.4 Å². The number of fused-ring (bicyclic) bond motifs is 1. The van der Waals surface area contributed by atoms with Gasteiger partial charge in [-0.3, -0.25) is 0 Å². The smallest absolute Gasteiger partial charge is 0.246 e. The maximum atomic E-state index is 13.0. The van der Waals surface area contributed by atoms with E-state index < -0.39 is 10.0 Å². The van der Waals surface area contributed by atoms with Gasteiger partial charge >= 0.3 is 0 Å². The van der Waals surface area contributed by atoms with Crippen molar-refractivity contribution in [2.75, 3.05) is 40.3 Å². The molecule has 1 saturated heterocycles. The standard InChI is InChI=1S/C16H24N2O3S/c1-17-7-9-18(10-8-17)22(19,20)16-12-14-6-4-3-5-13(14)11-15(16)21-2/h11-12H,3-10H2,1-2H3. The van der Waals surface area contributed by atoms with Crippen LogP contribution in [0.4, 0.5) is 0 Å². The van der Waals surface area contributed by atoms with Gasteiger partial charge in [0.1, 0.15) is 10.6 Å². The number of piperazine rings is 1. The third-order valence-electron chi connectivity index (χ3n) is 4.71. The van der Waals surface area contributed by atoms with Crippen LogP contribution in [-0.4, -0.2) is 58.0 Å². The minimum atomic E-state index is -3.48. The first-order valence-electron chi connectivity index (χ1n) is 7.91. The molecule has 1 heterocycles. The van der Waals surface area contributed by atoms with Crippen molar-refractivity contribution in [2.45, 2.75) is 30.6 Å². The summed E-state index contributed by atoms with van der Waals surface area (Å²) < 4.78 is 33.0. The van der Waals surface area contributed by atoms with Crippen molar-refractivity contribution >= 4 is 10.0 Å². The van der Waals surface area contributed by atoms with Crippen molar-refractivity contribution in [1.29, 1.82) is 0 Å². The van der Waals surface area contributed by atoms with Gasteiger partial charge < -0.3 is 9.64 Å². The van der Waals surface area contributed by atoms with E-state index in [2.05, 4.69) is 4.90 Å². The average Bonchev–Trinajstić information content (AvgIpc) is 2.54. The molecule has 1 aliphatic heterocycles. The maximum absolute atomic E-state index is 13.0. The van der Waals surface area contributed by atoms with Crippen LogP contribution in [0, 0.1) is 0 Å². The van der Waals surface area contributed by atoms with Crippen molar-refractivity contribution in [3.63, 3.8) is 0 Å². The summed E-state index contributed by atoms with van der Waals surface area (Å²) in [4.78, 5) is 2.48. The van der Waals surface area contributed by atoms with Crippen LogP contribution in [0.15, 0.2) is 17.0 Å². The molecule has 0 aromatic heterocycles. The lowest BCUT2D eigenvalue weighted by Gasteiger charge is -2.32. The second-order valence-corrected chi connectivity index (χ2v) is 8.09. The quantitative estimate of drug-likeness (QED) is 0.846. The molecule has 122 valence electrons. The molecule has 0 unspecified atom stereocenters. The van der Waals surface area contributed by atoms with Gasteiger partial charge in [-0.1, -0.05) is 0 Å². The van der Waals surface area contributed by atoms with Gasteiger partial charge in [0.25, 0.3) is 0 Å². The average molecular weight is 324 g/mol. The van der Waals surface area contributed by atoms with E-state index in [9.17, 15) is 8.42 Å². The van der Waals surface area contributed by atoms with E-state index in [4.69, 9.17) is 4.74 Å². The molecule has 5 nitrogen and oxygen atoms in total. The summed E-state index contributed by atoms with van der Waals surface area (Å²) in [6, 6.07) is 3.78. The molecule has 0 spiro atoms. The highest BCUT2D eigenvalue weighted by Crippen LogP contribution is 2.33. The molecule has 3 rings (SSSR count). The molecule has 0 amide bonds. The van der Waals surface area contributed by atoms with Crippen molar-refractivity contribution < 1.29 is 13.2 Å². The van der Waals surface area contributed by atoms with E-state index in [1.807, 2.05) is 19.2 Å². The SMILES string of the molecule is COc1cc2c(cc1S(=O)(=O)N1CCN(C)CC1)CCCC2. The van der Waals surface area contributed by atoms with Gasteiger partial charge in [-0.05, 0) is 56.0 Å². The Bertz CT molecular complexity index is 650. The molecular weight excluding hydrogens is 300 g/mol. The highest BCUT2D eigenvalue weighted by atomic mass is 32.2. The highest BCUT2D eigenvalue weighted by Gasteiger charge is 2.31. The Morgan fingerprint density at radius 3 is 2.18 bits per heavy atom. The first-order valence-corrected chi connectivity index (χ1v) is 9.35. The number of hydrogen-bond acceptors (Lipinski definition) is 4. The third kappa shape index (κ3) is 2.87. The van der Waals surface area contributed by atoms with Gasteiger partial charge in [0.2, 0.25) is 10.0 Å². The molecule has 0 saturated carbocycles. The van der Waals surface area contributed by atoms with E-state index in [0.717, 1.165) is 32.4 Å². The molecule has 1 aromatic rings. The van der Waals surface area contributed by atoms with Gasteiger partial charge in [-0.2, -0.15) is 4.31 Å². The Morgan fingerprint density at radius 2 is 1.59 bits per heavy atom. The van der Waals surface area contributed by atoms with Crippen molar-refractivity contribution in [1.82, 2.24) is 9.21 Å². The number of rotatable bonds is 3.